The van der Waals surface area contributed by atoms with Crippen LogP contribution in [-0.4, -0.2) is 37.7 Å². The summed E-state index contributed by atoms with van der Waals surface area (Å²) in [5, 5.41) is 48.1. The van der Waals surface area contributed by atoms with Crippen molar-refractivity contribution in [3.05, 3.63) is 53.5 Å². The van der Waals surface area contributed by atoms with Gasteiger partial charge in [0, 0.05) is 12.0 Å². The van der Waals surface area contributed by atoms with Gasteiger partial charge in [0.25, 0.3) is 0 Å². The van der Waals surface area contributed by atoms with E-state index in [1.165, 1.54) is 12.2 Å². The quantitative estimate of drug-likeness (QED) is 0.575. The summed E-state index contributed by atoms with van der Waals surface area (Å²) < 4.78 is 0. The molecule has 108 valence electrons. The van der Waals surface area contributed by atoms with Crippen LogP contribution in [0.3, 0.4) is 0 Å². The normalized spacial score (nSPS) is 23.9. The lowest BCUT2D eigenvalue weighted by molar-refractivity contribution is 0.0769. The maximum absolute atomic E-state index is 10.0. The van der Waals surface area contributed by atoms with Crippen LogP contribution in [0.1, 0.15) is 12.0 Å². The van der Waals surface area contributed by atoms with Crippen LogP contribution in [0, 0.1) is 5.92 Å². The zero-order valence-electron chi connectivity index (χ0n) is 10.8. The van der Waals surface area contributed by atoms with E-state index in [1.807, 2.05) is 0 Å². The Labute approximate surface area is 116 Å². The maximum atomic E-state index is 10.0. The molecule has 0 fully saturated rings. The molecule has 0 amide bonds. The van der Waals surface area contributed by atoms with Crippen LogP contribution in [0.4, 0.5) is 0 Å². The lowest BCUT2D eigenvalue weighted by Crippen LogP contribution is -2.28. The van der Waals surface area contributed by atoms with Crippen LogP contribution in [0.2, 0.25) is 0 Å². The molecule has 20 heavy (non-hydrogen) atoms. The minimum absolute atomic E-state index is 0.128. The Hall–Kier alpha value is -1.98. The second-order valence-corrected chi connectivity index (χ2v) is 5.02. The molecule has 0 aliphatic heterocycles. The fourth-order valence-corrected chi connectivity index (χ4v) is 2.36. The number of hydrogen-bond acceptors (Lipinski definition) is 5. The van der Waals surface area contributed by atoms with Gasteiger partial charge >= 0.3 is 0 Å². The van der Waals surface area contributed by atoms with Crippen molar-refractivity contribution in [3.8, 4) is 5.75 Å². The summed E-state index contributed by atoms with van der Waals surface area (Å²) in [5.41, 5.74) is 0.768. The number of phenols is 1. The van der Waals surface area contributed by atoms with E-state index in [4.69, 9.17) is 0 Å². The second-order valence-electron chi connectivity index (χ2n) is 5.02. The molecule has 0 saturated carbocycles. The Kier molecular flexibility index (Phi) is 4.32. The summed E-state index contributed by atoms with van der Waals surface area (Å²) in [6, 6.07) is 6.57. The van der Waals surface area contributed by atoms with Gasteiger partial charge in [-0.2, -0.15) is 0 Å². The molecule has 1 aromatic carbocycles. The summed E-state index contributed by atoms with van der Waals surface area (Å²) in [4.78, 5) is 0. The van der Waals surface area contributed by atoms with Gasteiger partial charge in [-0.25, -0.2) is 0 Å². The number of hydrogen-bond donors (Lipinski definition) is 5. The summed E-state index contributed by atoms with van der Waals surface area (Å²) >= 11 is 0. The van der Waals surface area contributed by atoms with Gasteiger partial charge in [0.2, 0.25) is 0 Å². The van der Waals surface area contributed by atoms with Gasteiger partial charge in [0.1, 0.15) is 17.3 Å². The highest BCUT2D eigenvalue weighted by Crippen LogP contribution is 2.27. The third kappa shape index (κ3) is 3.53. The van der Waals surface area contributed by atoms with Gasteiger partial charge in [0.05, 0.1) is 12.2 Å². The average Bonchev–Trinajstić information content (AvgIpc) is 2.33. The number of allylic oxidation sites excluding steroid dienone is 1. The SMILES string of the molecule is OC1=C[C@@H](O)[C@@H](C[C@@H](O)Cc2cccc(O)c2)C(O)=C1. The van der Waals surface area contributed by atoms with Gasteiger partial charge in [-0.3, -0.25) is 0 Å². The molecule has 0 aromatic heterocycles. The first kappa shape index (κ1) is 14.4. The molecule has 3 atom stereocenters. The first-order valence-electron chi connectivity index (χ1n) is 6.41. The molecule has 0 heterocycles. The molecule has 1 aliphatic rings. The first-order chi connectivity index (χ1) is 9.45. The van der Waals surface area contributed by atoms with E-state index in [0.717, 1.165) is 5.56 Å². The van der Waals surface area contributed by atoms with Gasteiger partial charge in [-0.05, 0) is 36.6 Å². The molecular formula is C15H18O5. The molecule has 5 heteroatoms. The molecule has 5 nitrogen and oxygen atoms in total. The van der Waals surface area contributed by atoms with E-state index in [-0.39, 0.29) is 23.7 Å². The van der Waals surface area contributed by atoms with Gasteiger partial charge in [-0.1, -0.05) is 12.1 Å². The summed E-state index contributed by atoms with van der Waals surface area (Å²) in [6.45, 7) is 0. The lowest BCUT2D eigenvalue weighted by atomic mass is 9.88. The molecule has 0 unspecified atom stereocenters. The molecular weight excluding hydrogens is 260 g/mol. The minimum Gasteiger partial charge on any atom is -0.512 e. The predicted octanol–water partition coefficient (Wildman–Crippen LogP) is 1.56. The van der Waals surface area contributed by atoms with E-state index >= 15 is 0 Å². The van der Waals surface area contributed by atoms with Crippen LogP contribution in [0.15, 0.2) is 47.9 Å². The summed E-state index contributed by atoms with van der Waals surface area (Å²) in [7, 11) is 0. The zero-order valence-corrected chi connectivity index (χ0v) is 10.8. The van der Waals surface area contributed by atoms with Crippen LogP contribution < -0.4 is 0 Å². The van der Waals surface area contributed by atoms with E-state index in [1.54, 1.807) is 24.3 Å². The number of aliphatic hydroxyl groups is 4. The molecule has 0 bridgehead atoms. The Bertz CT molecular complexity index is 535. The number of aliphatic hydroxyl groups excluding tert-OH is 4. The van der Waals surface area contributed by atoms with Crippen molar-refractivity contribution in [2.24, 2.45) is 5.92 Å². The third-order valence-electron chi connectivity index (χ3n) is 3.34. The first-order valence-corrected chi connectivity index (χ1v) is 6.41. The molecule has 5 N–H and O–H groups in total. The molecule has 0 radical (unpaired) electrons. The molecule has 1 aromatic rings. The predicted molar refractivity (Wildman–Crippen MR) is 73.4 cm³/mol. The standard InChI is InChI=1S/C15H18O5/c16-10-3-1-2-9(4-10)5-11(17)6-13-14(19)7-12(18)8-15(13)20/h1-4,7-8,11,13-14,16-20H,5-6H2/t11-,13+,14+/m0/s1. The Morgan fingerprint density at radius 3 is 2.55 bits per heavy atom. The van der Waals surface area contributed by atoms with Crippen molar-refractivity contribution >= 4 is 0 Å². The van der Waals surface area contributed by atoms with Crippen molar-refractivity contribution in [2.45, 2.75) is 25.0 Å². The minimum atomic E-state index is -1.03. The fourth-order valence-electron chi connectivity index (χ4n) is 2.36. The topological polar surface area (TPSA) is 101 Å². The monoisotopic (exact) mass is 278 g/mol. The summed E-state index contributed by atoms with van der Waals surface area (Å²) in [5.74, 6) is -0.845. The van der Waals surface area contributed by atoms with Gasteiger partial charge in [0.15, 0.2) is 0 Å². The van der Waals surface area contributed by atoms with Crippen molar-refractivity contribution in [1.82, 2.24) is 0 Å². The van der Waals surface area contributed by atoms with E-state index < -0.39 is 18.1 Å². The average molecular weight is 278 g/mol. The number of phenolic OH excluding ortho intramolecular Hbond substituents is 1. The lowest BCUT2D eigenvalue weighted by Gasteiger charge is -2.25. The largest absolute Gasteiger partial charge is 0.512 e. The van der Waals surface area contributed by atoms with Crippen LogP contribution >= 0.6 is 0 Å². The highest BCUT2D eigenvalue weighted by molar-refractivity contribution is 5.28. The van der Waals surface area contributed by atoms with E-state index in [2.05, 4.69) is 0 Å². The van der Waals surface area contributed by atoms with Crippen molar-refractivity contribution in [1.29, 1.82) is 0 Å². The molecule has 1 aliphatic carbocycles. The Morgan fingerprint density at radius 2 is 1.90 bits per heavy atom. The molecule has 2 rings (SSSR count). The number of benzene rings is 1. The smallest absolute Gasteiger partial charge is 0.117 e. The third-order valence-corrected chi connectivity index (χ3v) is 3.34. The van der Waals surface area contributed by atoms with Crippen molar-refractivity contribution in [2.75, 3.05) is 0 Å². The maximum Gasteiger partial charge on any atom is 0.117 e. The summed E-state index contributed by atoms with van der Waals surface area (Å²) in [6.07, 6.45) is 1.05. The number of aromatic hydroxyl groups is 1. The highest BCUT2D eigenvalue weighted by Gasteiger charge is 2.28. The van der Waals surface area contributed by atoms with Crippen LogP contribution in [0.5, 0.6) is 5.75 Å². The molecule has 0 saturated heterocycles. The second kappa shape index (κ2) is 5.98. The van der Waals surface area contributed by atoms with Crippen LogP contribution in [-0.2, 0) is 6.42 Å². The zero-order chi connectivity index (χ0) is 14.7. The van der Waals surface area contributed by atoms with E-state index in [0.29, 0.717) is 6.42 Å². The fraction of sp³-hybridized carbons (Fsp3) is 0.333. The van der Waals surface area contributed by atoms with Crippen molar-refractivity contribution in [3.63, 3.8) is 0 Å². The van der Waals surface area contributed by atoms with E-state index in [9.17, 15) is 25.5 Å². The van der Waals surface area contributed by atoms with Crippen molar-refractivity contribution < 1.29 is 25.5 Å². The number of rotatable bonds is 4. The molecule has 0 spiro atoms. The Morgan fingerprint density at radius 1 is 1.15 bits per heavy atom. The van der Waals surface area contributed by atoms with Crippen LogP contribution in [0.25, 0.3) is 0 Å². The highest BCUT2D eigenvalue weighted by atomic mass is 16.3. The Balaban J connectivity index is 1.98. The van der Waals surface area contributed by atoms with Gasteiger partial charge < -0.3 is 25.5 Å². The van der Waals surface area contributed by atoms with Gasteiger partial charge in [-0.15, -0.1) is 0 Å².